The van der Waals surface area contributed by atoms with Crippen LogP contribution in [0.5, 0.6) is 0 Å². The first-order valence-corrected chi connectivity index (χ1v) is 5.34. The normalized spacial score (nSPS) is 11.6. The smallest absolute Gasteiger partial charge is 0.288 e. The summed E-state index contributed by atoms with van der Waals surface area (Å²) < 4.78 is 24.5. The molecule has 1 aromatic carbocycles. The number of hydrogen-bond acceptors (Lipinski definition) is 2. The van der Waals surface area contributed by atoms with Gasteiger partial charge in [-0.15, -0.1) is 0 Å². The highest BCUT2D eigenvalue weighted by Gasteiger charge is 2.09. The molecular weight excluding hydrogens is 248 g/mol. The van der Waals surface area contributed by atoms with Gasteiger partial charge in [0.1, 0.15) is 0 Å². The molecule has 0 unspecified atom stereocenters. The maximum absolute atomic E-state index is 12.3. The van der Waals surface area contributed by atoms with E-state index in [9.17, 15) is 8.78 Å². The molecule has 0 saturated heterocycles. The predicted molar refractivity (Wildman–Crippen MR) is 65.4 cm³/mol. The maximum atomic E-state index is 12.3. The van der Waals surface area contributed by atoms with Gasteiger partial charge >= 0.3 is 0 Å². The van der Waals surface area contributed by atoms with E-state index >= 15 is 0 Å². The summed E-state index contributed by atoms with van der Waals surface area (Å²) in [5, 5.41) is 0. The van der Waals surface area contributed by atoms with Crippen LogP contribution >= 0.6 is 11.8 Å². The van der Waals surface area contributed by atoms with Gasteiger partial charge in [-0.25, -0.2) is 4.99 Å². The number of halogens is 2. The molecule has 0 spiro atoms. The standard InChI is InChI=1S/C9H11F2N5S/c10-7(11)17-6-4-2-1-3-5(6)15-9(14)16-8(12)13/h1-4,7H,(H6,12,13,14,15,16). The molecule has 0 aliphatic rings. The largest absolute Gasteiger partial charge is 0.370 e. The zero-order chi connectivity index (χ0) is 12.8. The summed E-state index contributed by atoms with van der Waals surface area (Å²) in [6.07, 6.45) is 0. The first-order valence-electron chi connectivity index (χ1n) is 4.46. The zero-order valence-corrected chi connectivity index (χ0v) is 9.49. The molecule has 17 heavy (non-hydrogen) atoms. The van der Waals surface area contributed by atoms with Crippen LogP contribution in [0.4, 0.5) is 14.5 Å². The molecule has 0 atom stereocenters. The van der Waals surface area contributed by atoms with Crippen LogP contribution < -0.4 is 17.2 Å². The van der Waals surface area contributed by atoms with Crippen LogP contribution in [0.2, 0.25) is 0 Å². The number of nitrogens with zero attached hydrogens (tertiary/aromatic N) is 2. The average Bonchev–Trinajstić information content (AvgIpc) is 2.18. The second-order valence-corrected chi connectivity index (χ2v) is 3.88. The molecule has 0 saturated carbocycles. The average molecular weight is 259 g/mol. The molecule has 0 amide bonds. The molecule has 0 fully saturated rings. The van der Waals surface area contributed by atoms with Gasteiger partial charge < -0.3 is 17.2 Å². The Balaban J connectivity index is 3.01. The SMILES string of the molecule is NC(N)=NC(N)=Nc1ccccc1SC(F)F. The first-order chi connectivity index (χ1) is 7.99. The first kappa shape index (κ1) is 13.2. The minimum Gasteiger partial charge on any atom is -0.370 e. The topological polar surface area (TPSA) is 103 Å². The molecule has 1 aromatic rings. The Labute approximate surface area is 101 Å². The quantitative estimate of drug-likeness (QED) is 0.431. The molecule has 92 valence electrons. The second-order valence-electron chi connectivity index (χ2n) is 2.85. The van der Waals surface area contributed by atoms with Gasteiger partial charge in [-0.2, -0.15) is 13.8 Å². The maximum Gasteiger partial charge on any atom is 0.288 e. The summed E-state index contributed by atoms with van der Waals surface area (Å²) >= 11 is 0.379. The van der Waals surface area contributed by atoms with Gasteiger partial charge in [-0.1, -0.05) is 23.9 Å². The fourth-order valence-electron chi connectivity index (χ4n) is 1.03. The Bertz CT molecular complexity index is 443. The van der Waals surface area contributed by atoms with Crippen molar-refractivity contribution >= 4 is 29.4 Å². The molecule has 0 aromatic heterocycles. The van der Waals surface area contributed by atoms with Gasteiger partial charge in [-0.05, 0) is 12.1 Å². The van der Waals surface area contributed by atoms with Crippen molar-refractivity contribution in [3.63, 3.8) is 0 Å². The summed E-state index contributed by atoms with van der Waals surface area (Å²) in [6.45, 7) is 0. The van der Waals surface area contributed by atoms with Crippen LogP contribution in [0.25, 0.3) is 0 Å². The third-order valence-electron chi connectivity index (χ3n) is 1.56. The van der Waals surface area contributed by atoms with E-state index in [0.29, 0.717) is 22.3 Å². The summed E-state index contributed by atoms with van der Waals surface area (Å²) in [7, 11) is 0. The summed E-state index contributed by atoms with van der Waals surface area (Å²) in [4.78, 5) is 7.64. The Morgan fingerprint density at radius 1 is 1.18 bits per heavy atom. The summed E-state index contributed by atoms with van der Waals surface area (Å²) in [5.74, 6) is -2.96. The lowest BCUT2D eigenvalue weighted by Gasteiger charge is -2.04. The predicted octanol–water partition coefficient (Wildman–Crippen LogP) is 1.22. The van der Waals surface area contributed by atoms with E-state index in [0.717, 1.165) is 0 Å². The molecule has 0 heterocycles. The van der Waals surface area contributed by atoms with Gasteiger partial charge in [0.15, 0.2) is 5.96 Å². The van der Waals surface area contributed by atoms with Crippen molar-refractivity contribution in [2.45, 2.75) is 10.7 Å². The molecule has 8 heteroatoms. The van der Waals surface area contributed by atoms with Crippen molar-refractivity contribution in [3.8, 4) is 0 Å². The highest BCUT2D eigenvalue weighted by molar-refractivity contribution is 7.99. The number of nitrogens with two attached hydrogens (primary N) is 3. The van der Waals surface area contributed by atoms with Crippen molar-refractivity contribution in [3.05, 3.63) is 24.3 Å². The van der Waals surface area contributed by atoms with E-state index in [4.69, 9.17) is 17.2 Å². The van der Waals surface area contributed by atoms with Crippen molar-refractivity contribution in [2.24, 2.45) is 27.2 Å². The number of guanidine groups is 2. The van der Waals surface area contributed by atoms with E-state index in [1.165, 1.54) is 6.07 Å². The van der Waals surface area contributed by atoms with E-state index in [2.05, 4.69) is 9.98 Å². The van der Waals surface area contributed by atoms with E-state index in [-0.39, 0.29) is 11.9 Å². The molecule has 0 aliphatic heterocycles. The van der Waals surface area contributed by atoms with Crippen molar-refractivity contribution in [1.82, 2.24) is 0 Å². The minimum atomic E-state index is -2.53. The third kappa shape index (κ3) is 4.68. The number of aliphatic imine (C=N–C) groups is 2. The monoisotopic (exact) mass is 259 g/mol. The molecule has 0 aliphatic carbocycles. The van der Waals surface area contributed by atoms with Crippen molar-refractivity contribution in [1.29, 1.82) is 0 Å². The van der Waals surface area contributed by atoms with Crippen LogP contribution in [-0.4, -0.2) is 17.7 Å². The van der Waals surface area contributed by atoms with Gasteiger partial charge in [0, 0.05) is 4.90 Å². The lowest BCUT2D eigenvalue weighted by atomic mass is 10.3. The number of thioether (sulfide) groups is 1. The highest BCUT2D eigenvalue weighted by Crippen LogP contribution is 2.33. The Kier molecular flexibility index (Phi) is 4.70. The molecule has 0 bridgehead atoms. The van der Waals surface area contributed by atoms with Gasteiger partial charge in [0.2, 0.25) is 5.96 Å². The highest BCUT2D eigenvalue weighted by atomic mass is 32.2. The van der Waals surface area contributed by atoms with Crippen LogP contribution in [0.3, 0.4) is 0 Å². The number of rotatable bonds is 3. The van der Waals surface area contributed by atoms with Crippen molar-refractivity contribution < 1.29 is 8.78 Å². The van der Waals surface area contributed by atoms with Crippen LogP contribution in [-0.2, 0) is 0 Å². The van der Waals surface area contributed by atoms with Crippen molar-refractivity contribution in [2.75, 3.05) is 0 Å². The summed E-state index contributed by atoms with van der Waals surface area (Å²) in [5.41, 5.74) is 15.9. The zero-order valence-electron chi connectivity index (χ0n) is 8.68. The number of para-hydroxylation sites is 1. The number of benzene rings is 1. The lowest BCUT2D eigenvalue weighted by Crippen LogP contribution is -2.26. The van der Waals surface area contributed by atoms with Crippen LogP contribution in [0, 0.1) is 0 Å². The second kappa shape index (κ2) is 6.04. The third-order valence-corrected chi connectivity index (χ3v) is 2.34. The van der Waals surface area contributed by atoms with Crippen LogP contribution in [0.1, 0.15) is 0 Å². The van der Waals surface area contributed by atoms with Crippen LogP contribution in [0.15, 0.2) is 39.1 Å². The fraction of sp³-hybridized carbons (Fsp3) is 0.111. The Hall–Kier alpha value is -1.83. The molecule has 1 rings (SSSR count). The molecule has 5 nitrogen and oxygen atoms in total. The molecular formula is C9H11F2N5S. The molecule has 0 radical (unpaired) electrons. The Morgan fingerprint density at radius 3 is 2.41 bits per heavy atom. The van der Waals surface area contributed by atoms with Gasteiger partial charge in [0.25, 0.3) is 5.76 Å². The summed E-state index contributed by atoms with van der Waals surface area (Å²) in [6, 6.07) is 6.33. The number of alkyl halides is 2. The molecule has 6 N–H and O–H groups in total. The minimum absolute atomic E-state index is 0.188. The van der Waals surface area contributed by atoms with Gasteiger partial charge in [0.05, 0.1) is 5.69 Å². The van der Waals surface area contributed by atoms with E-state index in [1.807, 2.05) is 0 Å². The fourth-order valence-corrected chi connectivity index (χ4v) is 1.61. The van der Waals surface area contributed by atoms with E-state index < -0.39 is 5.76 Å². The Morgan fingerprint density at radius 2 is 1.82 bits per heavy atom. The van der Waals surface area contributed by atoms with Gasteiger partial charge in [-0.3, -0.25) is 0 Å². The number of hydrogen-bond donors (Lipinski definition) is 3. The van der Waals surface area contributed by atoms with E-state index in [1.54, 1.807) is 18.2 Å². The lowest BCUT2D eigenvalue weighted by molar-refractivity contribution is 0.252.